The van der Waals surface area contributed by atoms with Gasteiger partial charge in [-0.1, -0.05) is 0 Å². The summed E-state index contributed by atoms with van der Waals surface area (Å²) in [7, 11) is 1.65. The number of hydrogen-bond acceptors (Lipinski definition) is 5. The first kappa shape index (κ1) is 12.5. The van der Waals surface area contributed by atoms with E-state index in [0.717, 1.165) is 14.2 Å². The van der Waals surface area contributed by atoms with Gasteiger partial charge >= 0.3 is 10.4 Å². The van der Waals surface area contributed by atoms with Crippen LogP contribution in [0.1, 0.15) is 0 Å². The maximum absolute atomic E-state index is 9.92. The fourth-order valence-corrected chi connectivity index (χ4v) is 0.204. The largest absolute Gasteiger partial charge is 0.399 e. The summed E-state index contributed by atoms with van der Waals surface area (Å²) >= 11 is 0. The Balaban J connectivity index is 0. The number of rotatable bonds is 2. The van der Waals surface area contributed by atoms with Crippen LogP contribution in [0.3, 0.4) is 0 Å². The molecule has 0 aliphatic carbocycles. The van der Waals surface area contributed by atoms with Crippen molar-refractivity contribution in [2.45, 2.75) is 0 Å². The zero-order chi connectivity index (χ0) is 8.62. The summed E-state index contributed by atoms with van der Waals surface area (Å²) in [6.07, 6.45) is 0. The molecule has 6 heteroatoms. The molecule has 0 aromatic carbocycles. The van der Waals surface area contributed by atoms with E-state index in [1.54, 1.807) is 14.2 Å². The van der Waals surface area contributed by atoms with Crippen molar-refractivity contribution in [2.75, 3.05) is 28.4 Å². The lowest BCUT2D eigenvalue weighted by atomic mass is 11.6. The Labute approximate surface area is 61.2 Å². The zero-order valence-corrected chi connectivity index (χ0v) is 7.27. The molecule has 0 atom stereocenters. The Hall–Kier alpha value is -0.170. The SMILES string of the molecule is COC.COS(=O)(=O)OC. The summed E-state index contributed by atoms with van der Waals surface area (Å²) in [6, 6.07) is 0. The second-order valence-electron chi connectivity index (χ2n) is 1.15. The lowest BCUT2D eigenvalue weighted by molar-refractivity contribution is 0.277. The second-order valence-corrected chi connectivity index (χ2v) is 2.63. The fourth-order valence-electron chi connectivity index (χ4n) is 0.0680. The lowest BCUT2D eigenvalue weighted by Gasteiger charge is -1.91. The monoisotopic (exact) mass is 172 g/mol. The van der Waals surface area contributed by atoms with Crippen molar-refractivity contribution in [3.8, 4) is 0 Å². The lowest BCUT2D eigenvalue weighted by Crippen LogP contribution is -2.02. The quantitative estimate of drug-likeness (QED) is 0.576. The summed E-state index contributed by atoms with van der Waals surface area (Å²) < 4.78 is 31.8. The molecule has 0 spiro atoms. The van der Waals surface area contributed by atoms with Crippen molar-refractivity contribution < 1.29 is 21.5 Å². The molecule has 0 aliphatic rings. The molecule has 5 nitrogen and oxygen atoms in total. The molecule has 0 fully saturated rings. The van der Waals surface area contributed by atoms with Crippen LogP contribution in [0, 0.1) is 0 Å². The van der Waals surface area contributed by atoms with Crippen LogP contribution in [0.2, 0.25) is 0 Å². The third-order valence-corrected chi connectivity index (χ3v) is 1.22. The minimum atomic E-state index is -3.66. The first-order valence-corrected chi connectivity index (χ1v) is 3.63. The van der Waals surface area contributed by atoms with Crippen LogP contribution in [-0.2, 0) is 23.5 Å². The summed E-state index contributed by atoms with van der Waals surface area (Å²) in [4.78, 5) is 0. The van der Waals surface area contributed by atoms with E-state index in [0.29, 0.717) is 0 Å². The zero-order valence-electron chi connectivity index (χ0n) is 6.45. The van der Waals surface area contributed by atoms with Gasteiger partial charge in [-0.15, -0.1) is 0 Å². The molecular formula is C4H12O5S. The normalized spacial score (nSPS) is 10.0. The molecule has 0 aromatic heterocycles. The molecule has 10 heavy (non-hydrogen) atoms. The predicted molar refractivity (Wildman–Crippen MR) is 35.9 cm³/mol. The Morgan fingerprint density at radius 3 is 1.10 bits per heavy atom. The first-order valence-electron chi connectivity index (χ1n) is 2.30. The van der Waals surface area contributed by atoms with E-state index in [-0.39, 0.29) is 0 Å². The number of hydrogen-bond donors (Lipinski definition) is 0. The molecule has 0 bridgehead atoms. The van der Waals surface area contributed by atoms with Gasteiger partial charge in [-0.2, -0.15) is 8.42 Å². The molecule has 0 radical (unpaired) electrons. The molecule has 0 N–H and O–H groups in total. The summed E-state index contributed by atoms with van der Waals surface area (Å²) in [5, 5.41) is 0. The van der Waals surface area contributed by atoms with Gasteiger partial charge in [0.05, 0.1) is 14.2 Å². The molecule has 0 aromatic rings. The molecule has 64 valence electrons. The third kappa shape index (κ3) is 10.7. The van der Waals surface area contributed by atoms with E-state index >= 15 is 0 Å². The van der Waals surface area contributed by atoms with Crippen LogP contribution in [0.4, 0.5) is 0 Å². The van der Waals surface area contributed by atoms with E-state index in [9.17, 15) is 8.42 Å². The fraction of sp³-hybridized carbons (Fsp3) is 1.00. The van der Waals surface area contributed by atoms with E-state index < -0.39 is 10.4 Å². The van der Waals surface area contributed by atoms with Crippen molar-refractivity contribution in [3.63, 3.8) is 0 Å². The van der Waals surface area contributed by atoms with E-state index in [4.69, 9.17) is 0 Å². The summed E-state index contributed by atoms with van der Waals surface area (Å²) in [5.41, 5.74) is 0. The minimum Gasteiger partial charge on any atom is -0.388 e. The van der Waals surface area contributed by atoms with Gasteiger partial charge in [-0.05, 0) is 0 Å². The first-order chi connectivity index (χ1) is 4.54. The van der Waals surface area contributed by atoms with E-state index in [2.05, 4.69) is 13.1 Å². The van der Waals surface area contributed by atoms with Gasteiger partial charge in [-0.3, -0.25) is 8.37 Å². The van der Waals surface area contributed by atoms with Crippen molar-refractivity contribution in [1.82, 2.24) is 0 Å². The predicted octanol–water partition coefficient (Wildman–Crippen LogP) is -0.213. The maximum atomic E-state index is 9.92. The Kier molecular flexibility index (Phi) is 8.68. The molecule has 0 amide bonds. The highest BCUT2D eigenvalue weighted by atomic mass is 32.3. The van der Waals surface area contributed by atoms with Crippen molar-refractivity contribution in [2.24, 2.45) is 0 Å². The Morgan fingerprint density at radius 1 is 0.900 bits per heavy atom. The van der Waals surface area contributed by atoms with E-state index in [1.807, 2.05) is 0 Å². The van der Waals surface area contributed by atoms with Crippen LogP contribution < -0.4 is 0 Å². The highest BCUT2D eigenvalue weighted by Gasteiger charge is 2.01. The number of ether oxygens (including phenoxy) is 1. The highest BCUT2D eigenvalue weighted by Crippen LogP contribution is 1.85. The van der Waals surface area contributed by atoms with Crippen LogP contribution in [0.25, 0.3) is 0 Å². The van der Waals surface area contributed by atoms with Crippen LogP contribution in [0.15, 0.2) is 0 Å². The second kappa shape index (κ2) is 6.94. The molecule has 0 heterocycles. The van der Waals surface area contributed by atoms with E-state index in [1.165, 1.54) is 0 Å². The van der Waals surface area contributed by atoms with Gasteiger partial charge in [0.1, 0.15) is 0 Å². The van der Waals surface area contributed by atoms with Gasteiger partial charge < -0.3 is 4.74 Å². The molecule has 0 unspecified atom stereocenters. The summed E-state index contributed by atoms with van der Waals surface area (Å²) in [6.45, 7) is 0. The van der Waals surface area contributed by atoms with Crippen LogP contribution >= 0.6 is 0 Å². The van der Waals surface area contributed by atoms with Crippen molar-refractivity contribution >= 4 is 10.4 Å². The van der Waals surface area contributed by atoms with Crippen LogP contribution in [0.5, 0.6) is 0 Å². The van der Waals surface area contributed by atoms with Crippen LogP contribution in [-0.4, -0.2) is 36.9 Å². The van der Waals surface area contributed by atoms with Crippen molar-refractivity contribution in [1.29, 1.82) is 0 Å². The molecule has 0 aliphatic heterocycles. The standard InChI is InChI=1S/C2H6O4S.C2H6O/c1-5-7(3,4)6-2;1-3-2/h1-2H3;1-2H3. The molecule has 0 rings (SSSR count). The van der Waals surface area contributed by atoms with Gasteiger partial charge in [0.15, 0.2) is 0 Å². The van der Waals surface area contributed by atoms with Gasteiger partial charge in [0.2, 0.25) is 0 Å². The average molecular weight is 172 g/mol. The highest BCUT2D eigenvalue weighted by molar-refractivity contribution is 7.81. The van der Waals surface area contributed by atoms with Gasteiger partial charge in [0.25, 0.3) is 0 Å². The summed E-state index contributed by atoms with van der Waals surface area (Å²) in [5.74, 6) is 0. The van der Waals surface area contributed by atoms with Gasteiger partial charge in [0, 0.05) is 14.2 Å². The smallest absolute Gasteiger partial charge is 0.388 e. The number of methoxy groups -OCH3 is 1. The molecule has 0 saturated carbocycles. The Morgan fingerprint density at radius 2 is 1.10 bits per heavy atom. The molecular weight excluding hydrogens is 160 g/mol. The minimum absolute atomic E-state index is 1.03. The average Bonchev–Trinajstić information content (AvgIpc) is 1.90. The third-order valence-electron chi connectivity index (χ3n) is 0.408. The Bertz CT molecular complexity index is 128. The maximum Gasteiger partial charge on any atom is 0.399 e. The van der Waals surface area contributed by atoms with Gasteiger partial charge in [-0.25, -0.2) is 0 Å². The van der Waals surface area contributed by atoms with Crippen molar-refractivity contribution in [3.05, 3.63) is 0 Å². The molecule has 0 saturated heterocycles. The topological polar surface area (TPSA) is 61.8 Å².